The summed E-state index contributed by atoms with van der Waals surface area (Å²) in [6.07, 6.45) is 1.60. The molecule has 0 unspecified atom stereocenters. The average Bonchev–Trinajstić information content (AvgIpc) is 2.97. The third-order valence-electron chi connectivity index (χ3n) is 2.90. The van der Waals surface area contributed by atoms with Crippen LogP contribution < -0.4 is 10.2 Å². The number of hydrogen-bond donors (Lipinski definition) is 1. The van der Waals surface area contributed by atoms with E-state index in [9.17, 15) is 10.1 Å². The summed E-state index contributed by atoms with van der Waals surface area (Å²) in [6, 6.07) is 6.54. The SMILES string of the molecule is CCN(Cc1ccco1)c1cc([N+](=O)[O-])cc(NC)n1. The maximum absolute atomic E-state index is 11.0. The van der Waals surface area contributed by atoms with Crippen molar-refractivity contribution in [2.75, 3.05) is 23.8 Å². The zero-order valence-corrected chi connectivity index (χ0v) is 11.4. The number of pyridine rings is 1. The number of anilines is 2. The summed E-state index contributed by atoms with van der Waals surface area (Å²) in [6.45, 7) is 3.14. The van der Waals surface area contributed by atoms with Gasteiger partial charge in [-0.15, -0.1) is 0 Å². The number of aromatic nitrogens is 1. The second-order valence-electron chi connectivity index (χ2n) is 4.17. The highest BCUT2D eigenvalue weighted by Crippen LogP contribution is 2.24. The molecule has 0 atom stereocenters. The van der Waals surface area contributed by atoms with E-state index in [0.717, 1.165) is 5.76 Å². The maximum atomic E-state index is 11.0. The van der Waals surface area contributed by atoms with E-state index in [1.54, 1.807) is 13.3 Å². The highest BCUT2D eigenvalue weighted by molar-refractivity contribution is 5.55. The molecular weight excluding hydrogens is 260 g/mol. The van der Waals surface area contributed by atoms with E-state index in [2.05, 4.69) is 10.3 Å². The fraction of sp³-hybridized carbons (Fsp3) is 0.308. The van der Waals surface area contributed by atoms with Gasteiger partial charge in [0.1, 0.15) is 17.4 Å². The van der Waals surface area contributed by atoms with E-state index < -0.39 is 4.92 Å². The molecule has 0 aliphatic carbocycles. The van der Waals surface area contributed by atoms with Gasteiger partial charge in [0.25, 0.3) is 5.69 Å². The largest absolute Gasteiger partial charge is 0.467 e. The quantitative estimate of drug-likeness (QED) is 0.645. The second-order valence-corrected chi connectivity index (χ2v) is 4.17. The van der Waals surface area contributed by atoms with Crippen molar-refractivity contribution in [1.29, 1.82) is 0 Å². The molecule has 2 heterocycles. The Labute approximate surface area is 116 Å². The van der Waals surface area contributed by atoms with Gasteiger partial charge in [-0.3, -0.25) is 10.1 Å². The lowest BCUT2D eigenvalue weighted by Gasteiger charge is -2.21. The molecular formula is C13H16N4O3. The number of nitrogens with one attached hydrogen (secondary N) is 1. The van der Waals surface area contributed by atoms with Crippen molar-refractivity contribution in [3.8, 4) is 0 Å². The molecule has 1 N–H and O–H groups in total. The molecule has 0 aliphatic rings. The molecule has 0 amide bonds. The van der Waals surface area contributed by atoms with Crippen LogP contribution in [-0.2, 0) is 6.54 Å². The Morgan fingerprint density at radius 2 is 2.30 bits per heavy atom. The van der Waals surface area contributed by atoms with Crippen LogP contribution in [0.1, 0.15) is 12.7 Å². The van der Waals surface area contributed by atoms with E-state index in [4.69, 9.17) is 4.42 Å². The highest BCUT2D eigenvalue weighted by atomic mass is 16.6. The van der Waals surface area contributed by atoms with Gasteiger partial charge in [-0.2, -0.15) is 0 Å². The Balaban J connectivity index is 2.32. The minimum atomic E-state index is -0.424. The van der Waals surface area contributed by atoms with E-state index >= 15 is 0 Å². The first-order chi connectivity index (χ1) is 9.63. The Morgan fingerprint density at radius 1 is 1.50 bits per heavy atom. The van der Waals surface area contributed by atoms with Crippen molar-refractivity contribution < 1.29 is 9.34 Å². The van der Waals surface area contributed by atoms with Gasteiger partial charge in [0, 0.05) is 13.6 Å². The predicted molar refractivity (Wildman–Crippen MR) is 75.9 cm³/mol. The van der Waals surface area contributed by atoms with Gasteiger partial charge in [0.05, 0.1) is 29.9 Å². The van der Waals surface area contributed by atoms with Crippen molar-refractivity contribution in [2.24, 2.45) is 0 Å². The minimum Gasteiger partial charge on any atom is -0.467 e. The predicted octanol–water partition coefficient (Wildman–Crippen LogP) is 2.65. The number of hydrogen-bond acceptors (Lipinski definition) is 6. The molecule has 20 heavy (non-hydrogen) atoms. The monoisotopic (exact) mass is 276 g/mol. The highest BCUT2D eigenvalue weighted by Gasteiger charge is 2.15. The van der Waals surface area contributed by atoms with Crippen molar-refractivity contribution in [2.45, 2.75) is 13.5 Å². The number of nitrogens with zero attached hydrogens (tertiary/aromatic N) is 3. The van der Waals surface area contributed by atoms with Gasteiger partial charge in [-0.25, -0.2) is 4.98 Å². The molecule has 2 rings (SSSR count). The maximum Gasteiger partial charge on any atom is 0.276 e. The molecule has 2 aromatic rings. The summed E-state index contributed by atoms with van der Waals surface area (Å²) in [4.78, 5) is 16.8. The molecule has 0 bridgehead atoms. The molecule has 7 heteroatoms. The number of nitro groups is 1. The molecule has 0 fully saturated rings. The third-order valence-corrected chi connectivity index (χ3v) is 2.90. The zero-order valence-electron chi connectivity index (χ0n) is 11.4. The van der Waals surface area contributed by atoms with Crippen LogP contribution in [0.4, 0.5) is 17.3 Å². The van der Waals surface area contributed by atoms with Gasteiger partial charge in [0.15, 0.2) is 0 Å². The van der Waals surface area contributed by atoms with Crippen LogP contribution in [-0.4, -0.2) is 23.5 Å². The fourth-order valence-electron chi connectivity index (χ4n) is 1.84. The molecule has 0 saturated carbocycles. The summed E-state index contributed by atoms with van der Waals surface area (Å²) < 4.78 is 5.30. The van der Waals surface area contributed by atoms with Crippen LogP contribution in [0.2, 0.25) is 0 Å². The first-order valence-electron chi connectivity index (χ1n) is 6.25. The summed E-state index contributed by atoms with van der Waals surface area (Å²) in [5.74, 6) is 1.79. The van der Waals surface area contributed by atoms with Crippen LogP contribution >= 0.6 is 0 Å². The third kappa shape index (κ3) is 3.05. The van der Waals surface area contributed by atoms with Crippen LogP contribution in [0.5, 0.6) is 0 Å². The summed E-state index contributed by atoms with van der Waals surface area (Å²) in [7, 11) is 1.68. The Kier molecular flexibility index (Phi) is 4.19. The topological polar surface area (TPSA) is 84.4 Å². The first-order valence-corrected chi connectivity index (χ1v) is 6.25. The fourth-order valence-corrected chi connectivity index (χ4v) is 1.84. The van der Waals surface area contributed by atoms with E-state index in [1.807, 2.05) is 24.0 Å². The lowest BCUT2D eigenvalue weighted by Crippen LogP contribution is -2.23. The van der Waals surface area contributed by atoms with Crippen LogP contribution in [0, 0.1) is 10.1 Å². The van der Waals surface area contributed by atoms with Crippen molar-refractivity contribution in [1.82, 2.24) is 4.98 Å². The molecule has 0 radical (unpaired) electrons. The normalized spacial score (nSPS) is 10.3. The van der Waals surface area contributed by atoms with Gasteiger partial charge in [-0.1, -0.05) is 0 Å². The smallest absolute Gasteiger partial charge is 0.276 e. The molecule has 0 spiro atoms. The zero-order chi connectivity index (χ0) is 14.5. The molecule has 0 saturated heterocycles. The van der Waals surface area contributed by atoms with Gasteiger partial charge in [0.2, 0.25) is 0 Å². The first kappa shape index (κ1) is 13.9. The van der Waals surface area contributed by atoms with Crippen molar-refractivity contribution >= 4 is 17.3 Å². The van der Waals surface area contributed by atoms with Gasteiger partial charge < -0.3 is 14.6 Å². The Bertz CT molecular complexity index is 583. The summed E-state index contributed by atoms with van der Waals surface area (Å²) in [5.41, 5.74) is 0.0113. The molecule has 2 aromatic heterocycles. The summed E-state index contributed by atoms with van der Waals surface area (Å²) >= 11 is 0. The molecule has 7 nitrogen and oxygen atoms in total. The standard InChI is InChI=1S/C13H16N4O3/c1-3-16(9-11-5-4-6-20-11)13-8-10(17(18)19)7-12(14-2)15-13/h4-8H,3,9H2,1-2H3,(H,14,15). The lowest BCUT2D eigenvalue weighted by atomic mass is 10.3. The van der Waals surface area contributed by atoms with E-state index in [-0.39, 0.29) is 5.69 Å². The number of rotatable bonds is 6. The second kappa shape index (κ2) is 6.05. The molecule has 106 valence electrons. The molecule has 0 aliphatic heterocycles. The van der Waals surface area contributed by atoms with Crippen LogP contribution in [0.15, 0.2) is 34.9 Å². The van der Waals surface area contributed by atoms with E-state index in [1.165, 1.54) is 12.1 Å². The minimum absolute atomic E-state index is 0.0113. The van der Waals surface area contributed by atoms with Crippen molar-refractivity contribution in [3.63, 3.8) is 0 Å². The van der Waals surface area contributed by atoms with Crippen molar-refractivity contribution in [3.05, 3.63) is 46.4 Å². The van der Waals surface area contributed by atoms with Gasteiger partial charge >= 0.3 is 0 Å². The van der Waals surface area contributed by atoms with Crippen LogP contribution in [0.3, 0.4) is 0 Å². The Hall–Kier alpha value is -2.57. The average molecular weight is 276 g/mol. The molecule has 0 aromatic carbocycles. The van der Waals surface area contributed by atoms with Crippen LogP contribution in [0.25, 0.3) is 0 Å². The van der Waals surface area contributed by atoms with E-state index in [0.29, 0.717) is 24.7 Å². The number of furan rings is 1. The lowest BCUT2D eigenvalue weighted by molar-refractivity contribution is -0.384. The summed E-state index contributed by atoms with van der Waals surface area (Å²) in [5, 5.41) is 13.8. The Morgan fingerprint density at radius 3 is 2.85 bits per heavy atom. The van der Waals surface area contributed by atoms with Gasteiger partial charge in [-0.05, 0) is 19.1 Å².